The lowest BCUT2D eigenvalue weighted by atomic mass is 10.2. The van der Waals surface area contributed by atoms with E-state index in [4.69, 9.17) is 4.74 Å². The molecule has 1 N–H and O–H groups in total. The van der Waals surface area contributed by atoms with Gasteiger partial charge in [-0.15, -0.1) is 0 Å². The second-order valence-corrected chi connectivity index (χ2v) is 4.35. The molecule has 5 heteroatoms. The van der Waals surface area contributed by atoms with Gasteiger partial charge in [0.05, 0.1) is 20.7 Å². The molecule has 0 saturated heterocycles. The average molecular weight is 248 g/mol. The van der Waals surface area contributed by atoms with Gasteiger partial charge in [0.1, 0.15) is 5.75 Å². The molecule has 1 aromatic carbocycles. The van der Waals surface area contributed by atoms with E-state index in [0.717, 1.165) is 34.8 Å². The number of aromatic nitrogens is 3. The number of anilines is 1. The molecule has 0 fully saturated rings. The second kappa shape index (κ2) is 4.76. The molecule has 0 saturated carbocycles. The van der Waals surface area contributed by atoms with Gasteiger partial charge in [-0.1, -0.05) is 0 Å². The van der Waals surface area contributed by atoms with Crippen LogP contribution in [0.5, 0.6) is 5.75 Å². The fraction of sp³-hybridized carbons (Fsp3) is 0.462. The van der Waals surface area contributed by atoms with Crippen LogP contribution >= 0.6 is 0 Å². The summed E-state index contributed by atoms with van der Waals surface area (Å²) in [5, 5.41) is 7.77. The summed E-state index contributed by atoms with van der Waals surface area (Å²) in [6.45, 7) is 4.94. The van der Waals surface area contributed by atoms with Gasteiger partial charge < -0.3 is 4.74 Å². The van der Waals surface area contributed by atoms with E-state index >= 15 is 0 Å². The minimum absolute atomic E-state index is 0.843. The molecule has 0 amide bonds. The molecule has 0 radical (unpaired) electrons. The first-order valence-electron chi connectivity index (χ1n) is 6.07. The van der Waals surface area contributed by atoms with Crippen molar-refractivity contribution in [3.63, 3.8) is 0 Å². The molecule has 0 aliphatic heterocycles. The molecule has 0 spiro atoms. The Bertz CT molecular complexity index is 595. The Morgan fingerprint density at radius 3 is 2.61 bits per heavy atom. The fourth-order valence-corrected chi connectivity index (χ4v) is 2.10. The Balaban J connectivity index is 2.77. The number of nitrogens with zero attached hydrogens (tertiary/aromatic N) is 3. The van der Waals surface area contributed by atoms with E-state index in [1.807, 2.05) is 36.3 Å². The monoisotopic (exact) mass is 248 g/mol. The van der Waals surface area contributed by atoms with E-state index in [-0.39, 0.29) is 0 Å². The maximum atomic E-state index is 5.38. The van der Waals surface area contributed by atoms with E-state index in [0.29, 0.717) is 0 Å². The van der Waals surface area contributed by atoms with Gasteiger partial charge in [-0.25, -0.2) is 4.57 Å². The van der Waals surface area contributed by atoms with E-state index in [1.54, 1.807) is 7.11 Å². The highest BCUT2D eigenvalue weighted by Crippen LogP contribution is 2.21. The van der Waals surface area contributed by atoms with Gasteiger partial charge in [0, 0.05) is 12.1 Å². The maximum Gasteiger partial charge on any atom is 0.458 e. The number of fused-ring (bicyclic) bond motifs is 1. The van der Waals surface area contributed by atoms with Crippen molar-refractivity contribution in [2.75, 3.05) is 19.0 Å². The predicted octanol–water partition coefficient (Wildman–Crippen LogP) is 0.633. The molecule has 1 heterocycles. The highest BCUT2D eigenvalue weighted by molar-refractivity contribution is 5.71. The van der Waals surface area contributed by atoms with Crippen molar-refractivity contribution in [2.45, 2.75) is 13.8 Å². The zero-order valence-corrected chi connectivity index (χ0v) is 11.6. The summed E-state index contributed by atoms with van der Waals surface area (Å²) in [5.74, 6) is 1.74. The first-order chi connectivity index (χ1) is 8.58. The topological polar surface area (TPSA) is 41.9 Å². The zero-order chi connectivity index (χ0) is 13.3. The van der Waals surface area contributed by atoms with Gasteiger partial charge in [0.2, 0.25) is 0 Å². The van der Waals surface area contributed by atoms with Crippen molar-refractivity contribution in [1.82, 2.24) is 5.10 Å². The molecule has 2 rings (SSSR count). The number of hydrogen-bond donors (Lipinski definition) is 1. The summed E-state index contributed by atoms with van der Waals surface area (Å²) in [6.07, 6.45) is 0. The SMILES string of the molecule is CCNc1n[n+](C)c2cc(C)c(OC)cc2[n+]1C. The molecule has 0 aliphatic carbocycles. The third-order valence-electron chi connectivity index (χ3n) is 3.10. The Labute approximate surface area is 107 Å². The summed E-state index contributed by atoms with van der Waals surface area (Å²) >= 11 is 0. The summed E-state index contributed by atoms with van der Waals surface area (Å²) in [5.41, 5.74) is 3.28. The maximum absolute atomic E-state index is 5.38. The molecule has 5 nitrogen and oxygen atoms in total. The number of hydrogen-bond acceptors (Lipinski definition) is 3. The van der Waals surface area contributed by atoms with Crippen LogP contribution < -0.4 is 19.3 Å². The highest BCUT2D eigenvalue weighted by Gasteiger charge is 2.22. The Morgan fingerprint density at radius 1 is 1.28 bits per heavy atom. The standard InChI is InChI=1S/C13H19N4O/c1-6-14-13-15-17(4)11-7-9(2)12(18-5)8-10(11)16(13)3/h7-8H,6H2,1-5H3/q+1/p+1. The van der Waals surface area contributed by atoms with Gasteiger partial charge in [0.25, 0.3) is 5.52 Å². The van der Waals surface area contributed by atoms with Gasteiger partial charge in [-0.05, 0) is 24.1 Å². The number of benzene rings is 1. The Hall–Kier alpha value is -1.91. The molecule has 0 atom stereocenters. The van der Waals surface area contributed by atoms with E-state index in [1.165, 1.54) is 0 Å². The quantitative estimate of drug-likeness (QED) is 0.810. The molecule has 18 heavy (non-hydrogen) atoms. The summed E-state index contributed by atoms with van der Waals surface area (Å²) < 4.78 is 9.32. The number of methoxy groups -OCH3 is 1. The number of ether oxygens (including phenoxy) is 1. The normalized spacial score (nSPS) is 10.7. The molecule has 1 aromatic heterocycles. The van der Waals surface area contributed by atoms with E-state index in [2.05, 4.69) is 23.4 Å². The van der Waals surface area contributed by atoms with Gasteiger partial charge in [0.15, 0.2) is 17.7 Å². The molecular weight excluding hydrogens is 228 g/mol. The third kappa shape index (κ3) is 1.96. The first-order valence-corrected chi connectivity index (χ1v) is 6.07. The lowest BCUT2D eigenvalue weighted by Crippen LogP contribution is -2.45. The second-order valence-electron chi connectivity index (χ2n) is 4.35. The van der Waals surface area contributed by atoms with Crippen LogP contribution in [0.4, 0.5) is 5.95 Å². The van der Waals surface area contributed by atoms with Crippen molar-refractivity contribution in [3.05, 3.63) is 17.7 Å². The van der Waals surface area contributed by atoms with Crippen LogP contribution in [0.15, 0.2) is 12.1 Å². The van der Waals surface area contributed by atoms with Crippen molar-refractivity contribution in [1.29, 1.82) is 0 Å². The minimum atomic E-state index is 0.843. The van der Waals surface area contributed by atoms with Crippen molar-refractivity contribution < 1.29 is 14.0 Å². The van der Waals surface area contributed by atoms with Crippen LogP contribution in [0.3, 0.4) is 0 Å². The Morgan fingerprint density at radius 2 is 2.00 bits per heavy atom. The van der Waals surface area contributed by atoms with E-state index in [9.17, 15) is 0 Å². The van der Waals surface area contributed by atoms with Crippen LogP contribution in [0.2, 0.25) is 0 Å². The molecule has 0 bridgehead atoms. The Kier molecular flexibility index (Phi) is 3.32. The average Bonchev–Trinajstić information content (AvgIpc) is 2.35. The fourth-order valence-electron chi connectivity index (χ4n) is 2.10. The highest BCUT2D eigenvalue weighted by atomic mass is 16.5. The minimum Gasteiger partial charge on any atom is -0.496 e. The van der Waals surface area contributed by atoms with Crippen LogP contribution in [0, 0.1) is 6.92 Å². The van der Waals surface area contributed by atoms with Crippen molar-refractivity contribution in [3.8, 4) is 5.75 Å². The smallest absolute Gasteiger partial charge is 0.458 e. The van der Waals surface area contributed by atoms with Gasteiger partial charge in [-0.2, -0.15) is 0 Å². The van der Waals surface area contributed by atoms with Crippen LogP contribution in [-0.2, 0) is 14.1 Å². The summed E-state index contributed by atoms with van der Waals surface area (Å²) in [4.78, 5) is 0. The van der Waals surface area contributed by atoms with E-state index < -0.39 is 0 Å². The van der Waals surface area contributed by atoms with Crippen molar-refractivity contribution >= 4 is 17.0 Å². The molecule has 96 valence electrons. The third-order valence-corrected chi connectivity index (χ3v) is 3.10. The van der Waals surface area contributed by atoms with Crippen LogP contribution in [0.25, 0.3) is 11.0 Å². The number of nitrogens with one attached hydrogen (secondary N) is 1. The van der Waals surface area contributed by atoms with Crippen molar-refractivity contribution in [2.24, 2.45) is 14.1 Å². The van der Waals surface area contributed by atoms with Crippen LogP contribution in [-0.4, -0.2) is 18.8 Å². The summed E-state index contributed by atoms with van der Waals surface area (Å²) in [6, 6.07) is 4.14. The first kappa shape index (κ1) is 12.5. The van der Waals surface area contributed by atoms with Gasteiger partial charge >= 0.3 is 5.95 Å². The zero-order valence-electron chi connectivity index (χ0n) is 11.6. The molecule has 0 unspecified atom stereocenters. The molecule has 2 aromatic rings. The van der Waals surface area contributed by atoms with Crippen LogP contribution in [0.1, 0.15) is 12.5 Å². The lowest BCUT2D eigenvalue weighted by Gasteiger charge is -2.06. The largest absolute Gasteiger partial charge is 0.496 e. The lowest BCUT2D eigenvalue weighted by molar-refractivity contribution is -0.733. The number of aryl methyl sites for hydroxylation is 3. The molecule has 0 aliphatic rings. The number of rotatable bonds is 3. The molecular formula is C13H20N4O+2. The predicted molar refractivity (Wildman–Crippen MR) is 69.5 cm³/mol. The van der Waals surface area contributed by atoms with Gasteiger partial charge in [-0.3, -0.25) is 5.32 Å². The summed E-state index contributed by atoms with van der Waals surface area (Å²) in [7, 11) is 5.65.